The fourth-order valence-electron chi connectivity index (χ4n) is 6.45. The number of hydrazine groups is 1. The minimum atomic E-state index is -0.0642. The molecule has 3 saturated heterocycles. The highest BCUT2D eigenvalue weighted by atomic mass is 16.5. The topological polar surface area (TPSA) is 89.7 Å². The van der Waals surface area contributed by atoms with Crippen LogP contribution in [0.5, 0.6) is 0 Å². The van der Waals surface area contributed by atoms with Crippen molar-refractivity contribution in [2.75, 3.05) is 26.9 Å². The highest BCUT2D eigenvalue weighted by Gasteiger charge is 2.49. The van der Waals surface area contributed by atoms with Gasteiger partial charge in [0, 0.05) is 17.5 Å². The van der Waals surface area contributed by atoms with Crippen LogP contribution in [0.15, 0.2) is 0 Å². The molecule has 2 aliphatic carbocycles. The normalized spacial score (nSPS) is 41.4. The average molecular weight is 435 g/mol. The Kier molecular flexibility index (Phi) is 6.57. The smallest absolute Gasteiger partial charge is 0.237 e. The van der Waals surface area contributed by atoms with E-state index < -0.39 is 0 Å². The lowest BCUT2D eigenvalue weighted by Crippen LogP contribution is -2.65. The van der Waals surface area contributed by atoms with E-state index in [1.807, 2.05) is 0 Å². The Labute approximate surface area is 186 Å². The van der Waals surface area contributed by atoms with Crippen molar-refractivity contribution in [3.05, 3.63) is 0 Å². The summed E-state index contributed by atoms with van der Waals surface area (Å²) in [7, 11) is 2.17. The fraction of sp³-hybridized carbons (Fsp3) is 0.957. The molecule has 176 valence electrons. The van der Waals surface area contributed by atoms with E-state index >= 15 is 0 Å². The van der Waals surface area contributed by atoms with Crippen LogP contribution >= 0.6 is 0 Å². The van der Waals surface area contributed by atoms with Crippen LogP contribution in [0.1, 0.15) is 64.7 Å². The highest BCUT2D eigenvalue weighted by Crippen LogP contribution is 2.47. The van der Waals surface area contributed by atoms with Crippen molar-refractivity contribution >= 4 is 5.91 Å². The van der Waals surface area contributed by atoms with Crippen molar-refractivity contribution < 1.29 is 9.53 Å². The molecule has 5 N–H and O–H groups in total. The van der Waals surface area contributed by atoms with Gasteiger partial charge in [-0.25, -0.2) is 10.9 Å². The molecular weight excluding hydrogens is 392 g/mol. The first-order valence-electron chi connectivity index (χ1n) is 12.6. The molecule has 5 fully saturated rings. The molecule has 6 atom stereocenters. The molecule has 8 nitrogen and oxygen atoms in total. The van der Waals surface area contributed by atoms with Crippen molar-refractivity contribution in [3.63, 3.8) is 0 Å². The molecule has 5 rings (SSSR count). The summed E-state index contributed by atoms with van der Waals surface area (Å²) in [6.07, 6.45) is 11.2. The summed E-state index contributed by atoms with van der Waals surface area (Å²) >= 11 is 0. The molecule has 0 aromatic heterocycles. The first-order valence-corrected chi connectivity index (χ1v) is 12.6. The predicted molar refractivity (Wildman–Crippen MR) is 120 cm³/mol. The van der Waals surface area contributed by atoms with E-state index in [-0.39, 0.29) is 17.4 Å². The molecule has 5 aliphatic rings. The molecule has 8 heteroatoms. The molecule has 0 radical (unpaired) electrons. The molecule has 2 saturated carbocycles. The van der Waals surface area contributed by atoms with Gasteiger partial charge in [-0.2, -0.15) is 0 Å². The monoisotopic (exact) mass is 434 g/mol. The number of carbonyl (C=O) groups is 1. The van der Waals surface area contributed by atoms with Crippen molar-refractivity contribution in [2.24, 2.45) is 17.3 Å². The number of hydrogen-bond donors (Lipinski definition) is 5. The van der Waals surface area contributed by atoms with E-state index in [1.54, 1.807) is 0 Å². The van der Waals surface area contributed by atoms with Crippen molar-refractivity contribution in [1.29, 1.82) is 0 Å². The summed E-state index contributed by atoms with van der Waals surface area (Å²) in [6, 6.07) is 0.623. The molecule has 3 heterocycles. The Morgan fingerprint density at radius 2 is 1.94 bits per heavy atom. The summed E-state index contributed by atoms with van der Waals surface area (Å²) in [5, 5.41) is 10.7. The van der Waals surface area contributed by atoms with Gasteiger partial charge >= 0.3 is 0 Å². The minimum absolute atomic E-state index is 0.0642. The van der Waals surface area contributed by atoms with E-state index in [9.17, 15) is 4.79 Å². The minimum Gasteiger partial charge on any atom is -0.380 e. The zero-order valence-electron chi connectivity index (χ0n) is 19.3. The van der Waals surface area contributed by atoms with E-state index in [1.165, 1.54) is 32.1 Å². The van der Waals surface area contributed by atoms with Gasteiger partial charge < -0.3 is 10.1 Å². The molecule has 0 spiro atoms. The number of carbonyl (C=O) groups excluding carboxylic acids is 1. The Morgan fingerprint density at radius 1 is 1.13 bits per heavy atom. The fourth-order valence-corrected chi connectivity index (χ4v) is 6.45. The van der Waals surface area contributed by atoms with Crippen molar-refractivity contribution in [1.82, 2.24) is 31.7 Å². The molecule has 31 heavy (non-hydrogen) atoms. The van der Waals surface area contributed by atoms with Crippen LogP contribution in [0.4, 0.5) is 0 Å². The van der Waals surface area contributed by atoms with Gasteiger partial charge in [0.05, 0.1) is 38.3 Å². The van der Waals surface area contributed by atoms with Crippen LogP contribution in [0.25, 0.3) is 0 Å². The third-order valence-corrected chi connectivity index (χ3v) is 8.77. The number of nitrogens with one attached hydrogen (secondary N) is 5. The third-order valence-electron chi connectivity index (χ3n) is 8.77. The summed E-state index contributed by atoms with van der Waals surface area (Å²) in [4.78, 5) is 15.5. The predicted octanol–water partition coefficient (Wildman–Crippen LogP) is 0.858. The maximum atomic E-state index is 13.2. The first-order chi connectivity index (χ1) is 15.0. The first kappa shape index (κ1) is 22.0. The standard InChI is InChI=1S/C23H42N6O2/c1-15-9-19(27-21(25-15)16-5-3-6-16)22(30)26-18-8-4-7-17(10-18)23(12-31-13-23)11-20-28-24-14-29(20)2/h15-21,24-25,27-28H,3-14H2,1-2H3,(H,26,30). The van der Waals surface area contributed by atoms with Gasteiger partial charge in [0.2, 0.25) is 5.91 Å². The van der Waals surface area contributed by atoms with Crippen molar-refractivity contribution in [2.45, 2.75) is 95.2 Å². The van der Waals surface area contributed by atoms with Gasteiger partial charge in [-0.3, -0.25) is 20.3 Å². The second-order valence-corrected chi connectivity index (χ2v) is 11.1. The Bertz CT molecular complexity index is 640. The second-order valence-electron chi connectivity index (χ2n) is 11.1. The van der Waals surface area contributed by atoms with E-state index in [4.69, 9.17) is 4.74 Å². The average Bonchev–Trinajstić information content (AvgIpc) is 3.07. The summed E-state index contributed by atoms with van der Waals surface area (Å²) in [5.41, 5.74) is 6.92. The number of nitrogens with zero attached hydrogens (tertiary/aromatic N) is 1. The zero-order valence-corrected chi connectivity index (χ0v) is 19.3. The van der Waals surface area contributed by atoms with Crippen LogP contribution in [0.3, 0.4) is 0 Å². The number of ether oxygens (including phenoxy) is 1. The quantitative estimate of drug-likeness (QED) is 0.424. The maximum absolute atomic E-state index is 13.2. The number of amides is 1. The van der Waals surface area contributed by atoms with Gasteiger partial charge in [0.15, 0.2) is 0 Å². The van der Waals surface area contributed by atoms with Crippen LogP contribution in [-0.2, 0) is 9.53 Å². The third kappa shape index (κ3) is 4.66. The largest absolute Gasteiger partial charge is 0.380 e. The molecule has 3 aliphatic heterocycles. The molecule has 0 aromatic carbocycles. The van der Waals surface area contributed by atoms with Gasteiger partial charge in [-0.1, -0.05) is 12.8 Å². The molecular formula is C23H42N6O2. The van der Waals surface area contributed by atoms with Gasteiger partial charge in [0.1, 0.15) is 0 Å². The van der Waals surface area contributed by atoms with E-state index in [2.05, 4.69) is 45.7 Å². The SMILES string of the molecule is CC1CC(C(=O)NC2CCCC(C3(CC4NNCN4C)COC3)C2)NC(C2CCC2)N1. The van der Waals surface area contributed by atoms with Crippen LogP contribution in [-0.4, -0.2) is 68.2 Å². The van der Waals surface area contributed by atoms with Crippen LogP contribution in [0.2, 0.25) is 0 Å². The zero-order chi connectivity index (χ0) is 21.4. The highest BCUT2D eigenvalue weighted by molar-refractivity contribution is 5.82. The molecule has 1 amide bonds. The lowest BCUT2D eigenvalue weighted by Gasteiger charge is -2.51. The number of hydrogen-bond acceptors (Lipinski definition) is 7. The molecule has 0 aromatic rings. The van der Waals surface area contributed by atoms with Gasteiger partial charge in [-0.05, 0) is 70.8 Å². The van der Waals surface area contributed by atoms with Crippen molar-refractivity contribution in [3.8, 4) is 0 Å². The Morgan fingerprint density at radius 3 is 2.58 bits per heavy atom. The van der Waals surface area contributed by atoms with Crippen LogP contribution in [0, 0.1) is 17.3 Å². The summed E-state index contributed by atoms with van der Waals surface area (Å²) in [6.45, 7) is 4.82. The molecule has 6 unspecified atom stereocenters. The number of rotatable bonds is 6. The molecule has 0 bridgehead atoms. The summed E-state index contributed by atoms with van der Waals surface area (Å²) < 4.78 is 5.74. The maximum Gasteiger partial charge on any atom is 0.237 e. The Balaban J connectivity index is 1.17. The van der Waals surface area contributed by atoms with Gasteiger partial charge in [0.25, 0.3) is 0 Å². The summed E-state index contributed by atoms with van der Waals surface area (Å²) in [5.74, 6) is 1.52. The lowest BCUT2D eigenvalue weighted by atomic mass is 9.64. The Hall–Kier alpha value is -0.770. The van der Waals surface area contributed by atoms with E-state index in [0.29, 0.717) is 36.3 Å². The van der Waals surface area contributed by atoms with E-state index in [0.717, 1.165) is 45.6 Å². The van der Waals surface area contributed by atoms with Crippen LogP contribution < -0.4 is 26.8 Å². The second kappa shape index (κ2) is 9.23. The lowest BCUT2D eigenvalue weighted by molar-refractivity contribution is -0.166. The van der Waals surface area contributed by atoms with Gasteiger partial charge in [-0.15, -0.1) is 0 Å².